The normalized spacial score (nSPS) is 23.6. The van der Waals surface area contributed by atoms with E-state index in [9.17, 15) is 0 Å². The third kappa shape index (κ3) is 3.55. The molecule has 2 atom stereocenters. The molecule has 0 aromatic heterocycles. The quantitative estimate of drug-likeness (QED) is 0.868. The van der Waals surface area contributed by atoms with Crippen LogP contribution in [0.3, 0.4) is 0 Å². The number of nitrogens with zero attached hydrogens (tertiary/aromatic N) is 1. The zero-order valence-corrected chi connectivity index (χ0v) is 11.0. The maximum Gasteiger partial charge on any atom is 0.0424 e. The fourth-order valence-electron chi connectivity index (χ4n) is 2.65. The number of piperidine rings is 1. The van der Waals surface area contributed by atoms with Gasteiger partial charge >= 0.3 is 0 Å². The summed E-state index contributed by atoms with van der Waals surface area (Å²) >= 11 is 0. The minimum atomic E-state index is 0.154. The Morgan fingerprint density at radius 1 is 1.35 bits per heavy atom. The minimum absolute atomic E-state index is 0.154. The van der Waals surface area contributed by atoms with Crippen molar-refractivity contribution in [1.82, 2.24) is 4.90 Å². The van der Waals surface area contributed by atoms with E-state index in [0.29, 0.717) is 0 Å². The predicted molar refractivity (Wildman–Crippen MR) is 72.9 cm³/mol. The van der Waals surface area contributed by atoms with Gasteiger partial charge in [-0.1, -0.05) is 36.8 Å². The Morgan fingerprint density at radius 3 is 2.71 bits per heavy atom. The maximum absolute atomic E-state index is 6.28. The third-order valence-corrected chi connectivity index (χ3v) is 3.70. The molecule has 0 amide bonds. The number of nitrogens with two attached hydrogens (primary N) is 1. The fraction of sp³-hybridized carbons (Fsp3) is 0.600. The molecule has 17 heavy (non-hydrogen) atoms. The second-order valence-electron chi connectivity index (χ2n) is 5.52. The molecule has 1 aromatic rings. The maximum atomic E-state index is 6.28. The van der Waals surface area contributed by atoms with Crippen LogP contribution in [0.2, 0.25) is 0 Å². The highest BCUT2D eigenvalue weighted by Gasteiger charge is 2.18. The molecule has 0 bridgehead atoms. The van der Waals surface area contributed by atoms with Crippen molar-refractivity contribution >= 4 is 0 Å². The first-order chi connectivity index (χ1) is 8.15. The van der Waals surface area contributed by atoms with Crippen LogP contribution in [0.5, 0.6) is 0 Å². The smallest absolute Gasteiger partial charge is 0.0424 e. The van der Waals surface area contributed by atoms with E-state index in [1.165, 1.54) is 37.1 Å². The van der Waals surface area contributed by atoms with E-state index in [-0.39, 0.29) is 6.04 Å². The zero-order valence-electron chi connectivity index (χ0n) is 11.0. The van der Waals surface area contributed by atoms with Crippen LogP contribution < -0.4 is 5.73 Å². The van der Waals surface area contributed by atoms with Gasteiger partial charge in [-0.25, -0.2) is 0 Å². The topological polar surface area (TPSA) is 29.3 Å². The molecule has 2 N–H and O–H groups in total. The summed E-state index contributed by atoms with van der Waals surface area (Å²) in [4.78, 5) is 2.51. The van der Waals surface area contributed by atoms with Crippen molar-refractivity contribution in [3.63, 3.8) is 0 Å². The Labute approximate surface area is 105 Å². The molecule has 1 saturated heterocycles. The Bertz CT molecular complexity index is 344. The van der Waals surface area contributed by atoms with Gasteiger partial charge in [0.1, 0.15) is 0 Å². The number of likely N-dealkylation sites (tertiary alicyclic amines) is 1. The summed E-state index contributed by atoms with van der Waals surface area (Å²) in [6.07, 6.45) is 2.69. The molecule has 1 aliphatic heterocycles. The molecule has 0 aliphatic carbocycles. The van der Waals surface area contributed by atoms with Crippen molar-refractivity contribution < 1.29 is 0 Å². The van der Waals surface area contributed by atoms with Crippen molar-refractivity contribution in [3.05, 3.63) is 35.4 Å². The standard InChI is InChI=1S/C15H24N2/c1-12-5-7-14(8-6-12)15(16)11-17-9-3-4-13(2)10-17/h5-8,13,15H,3-4,9-11,16H2,1-2H3. The predicted octanol–water partition coefficient (Wildman–Crippen LogP) is 2.73. The van der Waals surface area contributed by atoms with Gasteiger partial charge in [0.15, 0.2) is 0 Å². The summed E-state index contributed by atoms with van der Waals surface area (Å²) in [6.45, 7) is 7.86. The number of hydrogen-bond acceptors (Lipinski definition) is 2. The van der Waals surface area contributed by atoms with E-state index < -0.39 is 0 Å². The zero-order chi connectivity index (χ0) is 12.3. The Morgan fingerprint density at radius 2 is 2.06 bits per heavy atom. The van der Waals surface area contributed by atoms with Crippen molar-refractivity contribution in [2.45, 2.75) is 32.7 Å². The molecular weight excluding hydrogens is 208 g/mol. The van der Waals surface area contributed by atoms with Crippen molar-refractivity contribution in [2.24, 2.45) is 11.7 Å². The summed E-state index contributed by atoms with van der Waals surface area (Å²) in [5.41, 5.74) is 8.84. The molecule has 1 aliphatic rings. The van der Waals surface area contributed by atoms with Gasteiger partial charge in [0, 0.05) is 19.1 Å². The molecule has 0 spiro atoms. The highest BCUT2D eigenvalue weighted by molar-refractivity contribution is 5.24. The summed E-state index contributed by atoms with van der Waals surface area (Å²) in [5, 5.41) is 0. The Kier molecular flexibility index (Phi) is 4.19. The first kappa shape index (κ1) is 12.6. The largest absolute Gasteiger partial charge is 0.323 e. The van der Waals surface area contributed by atoms with Crippen LogP contribution in [0.25, 0.3) is 0 Å². The summed E-state index contributed by atoms with van der Waals surface area (Å²) in [5.74, 6) is 0.828. The van der Waals surface area contributed by atoms with Gasteiger partial charge in [0.2, 0.25) is 0 Å². The summed E-state index contributed by atoms with van der Waals surface area (Å²) in [6, 6.07) is 8.77. The molecule has 94 valence electrons. The van der Waals surface area contributed by atoms with Crippen LogP contribution in [0.4, 0.5) is 0 Å². The first-order valence-electron chi connectivity index (χ1n) is 6.69. The van der Waals surface area contributed by atoms with Gasteiger partial charge in [0.05, 0.1) is 0 Å². The molecule has 2 heteroatoms. The number of benzene rings is 1. The van der Waals surface area contributed by atoms with Crippen LogP contribution in [-0.2, 0) is 0 Å². The van der Waals surface area contributed by atoms with Gasteiger partial charge in [-0.05, 0) is 37.8 Å². The van der Waals surface area contributed by atoms with Crippen LogP contribution >= 0.6 is 0 Å². The first-order valence-corrected chi connectivity index (χ1v) is 6.69. The summed E-state index contributed by atoms with van der Waals surface area (Å²) in [7, 11) is 0. The molecule has 0 saturated carbocycles. The Hall–Kier alpha value is -0.860. The molecular formula is C15H24N2. The molecule has 1 fully saturated rings. The van der Waals surface area contributed by atoms with Gasteiger partial charge in [-0.2, -0.15) is 0 Å². The lowest BCUT2D eigenvalue weighted by atomic mass is 9.98. The fourth-order valence-corrected chi connectivity index (χ4v) is 2.65. The number of rotatable bonds is 3. The van der Waals surface area contributed by atoms with E-state index in [0.717, 1.165) is 12.5 Å². The van der Waals surface area contributed by atoms with Crippen LogP contribution in [0, 0.1) is 12.8 Å². The highest BCUT2D eigenvalue weighted by Crippen LogP contribution is 2.19. The van der Waals surface area contributed by atoms with Gasteiger partial charge < -0.3 is 10.6 Å². The Balaban J connectivity index is 1.91. The second-order valence-corrected chi connectivity index (χ2v) is 5.52. The second kappa shape index (κ2) is 5.65. The van der Waals surface area contributed by atoms with Gasteiger partial charge in [-0.15, -0.1) is 0 Å². The van der Waals surface area contributed by atoms with E-state index in [4.69, 9.17) is 5.73 Å². The average Bonchev–Trinajstić information content (AvgIpc) is 2.29. The minimum Gasteiger partial charge on any atom is -0.323 e. The number of aryl methyl sites for hydroxylation is 1. The van der Waals surface area contributed by atoms with Crippen molar-refractivity contribution in [3.8, 4) is 0 Å². The molecule has 1 aromatic carbocycles. The van der Waals surface area contributed by atoms with Crippen molar-refractivity contribution in [1.29, 1.82) is 0 Å². The average molecular weight is 232 g/mol. The van der Waals surface area contributed by atoms with E-state index >= 15 is 0 Å². The van der Waals surface area contributed by atoms with Crippen LogP contribution in [-0.4, -0.2) is 24.5 Å². The lowest BCUT2D eigenvalue weighted by Crippen LogP contribution is -2.39. The van der Waals surface area contributed by atoms with Crippen LogP contribution in [0.15, 0.2) is 24.3 Å². The van der Waals surface area contributed by atoms with E-state index in [1.54, 1.807) is 0 Å². The van der Waals surface area contributed by atoms with E-state index in [1.807, 2.05) is 0 Å². The summed E-state index contributed by atoms with van der Waals surface area (Å²) < 4.78 is 0. The molecule has 2 unspecified atom stereocenters. The van der Waals surface area contributed by atoms with Crippen LogP contribution in [0.1, 0.15) is 36.9 Å². The molecule has 0 radical (unpaired) electrons. The molecule has 2 nitrogen and oxygen atoms in total. The lowest BCUT2D eigenvalue weighted by molar-refractivity contribution is 0.175. The number of hydrogen-bond donors (Lipinski definition) is 1. The van der Waals surface area contributed by atoms with Gasteiger partial charge in [0.25, 0.3) is 0 Å². The molecule has 2 rings (SSSR count). The monoisotopic (exact) mass is 232 g/mol. The molecule has 1 heterocycles. The highest BCUT2D eigenvalue weighted by atomic mass is 15.1. The SMILES string of the molecule is Cc1ccc(C(N)CN2CCCC(C)C2)cc1. The third-order valence-electron chi connectivity index (χ3n) is 3.70. The lowest BCUT2D eigenvalue weighted by Gasteiger charge is -2.32. The van der Waals surface area contributed by atoms with Gasteiger partial charge in [-0.3, -0.25) is 0 Å². The van der Waals surface area contributed by atoms with E-state index in [2.05, 4.69) is 43.0 Å². The van der Waals surface area contributed by atoms with Crippen molar-refractivity contribution in [2.75, 3.05) is 19.6 Å².